The number of hydrogen-bond acceptors (Lipinski definition) is 5. The molecule has 0 aromatic heterocycles. The molecule has 0 spiro atoms. The molecule has 1 atom stereocenters. The van der Waals surface area contributed by atoms with Crippen LogP contribution in [0.1, 0.15) is 20.3 Å². The summed E-state index contributed by atoms with van der Waals surface area (Å²) >= 11 is 0. The highest BCUT2D eigenvalue weighted by atomic mass is 32.2. The zero-order valence-electron chi connectivity index (χ0n) is 13.3. The lowest BCUT2D eigenvalue weighted by Crippen LogP contribution is -2.54. The van der Waals surface area contributed by atoms with E-state index in [4.69, 9.17) is 5.73 Å². The molecule has 0 aromatic carbocycles. The Morgan fingerprint density at radius 2 is 1.71 bits per heavy atom. The minimum Gasteiger partial charge on any atom is -0.343 e. The molecule has 1 rings (SSSR count). The number of nitrogens with zero attached hydrogens (tertiary/aromatic N) is 3. The molecule has 7 nitrogen and oxygen atoms in total. The van der Waals surface area contributed by atoms with Crippen molar-refractivity contribution in [1.29, 1.82) is 0 Å². The van der Waals surface area contributed by atoms with Crippen LogP contribution in [-0.2, 0) is 14.8 Å². The first kappa shape index (κ1) is 18.3. The molecule has 0 bridgehead atoms. The summed E-state index contributed by atoms with van der Waals surface area (Å²) in [5, 5.41) is 0. The van der Waals surface area contributed by atoms with Gasteiger partial charge in [-0.1, -0.05) is 0 Å². The van der Waals surface area contributed by atoms with Gasteiger partial charge in [0.25, 0.3) is 0 Å². The Balaban J connectivity index is 2.57. The normalized spacial score (nSPS) is 19.4. The average molecular weight is 320 g/mol. The van der Waals surface area contributed by atoms with Gasteiger partial charge in [0, 0.05) is 58.3 Å². The summed E-state index contributed by atoms with van der Waals surface area (Å²) in [6.45, 7) is 7.92. The lowest BCUT2D eigenvalue weighted by molar-refractivity contribution is -0.132. The van der Waals surface area contributed by atoms with Crippen molar-refractivity contribution in [2.45, 2.75) is 26.3 Å². The number of hydrogen-bond donors (Lipinski definition) is 1. The van der Waals surface area contributed by atoms with Crippen molar-refractivity contribution in [3.63, 3.8) is 0 Å². The van der Waals surface area contributed by atoms with E-state index in [1.807, 2.05) is 13.8 Å². The number of carbonyl (C=O) groups excluding carboxylic acids is 1. The fourth-order valence-electron chi connectivity index (χ4n) is 2.67. The third kappa shape index (κ3) is 5.21. The molecule has 21 heavy (non-hydrogen) atoms. The Morgan fingerprint density at radius 1 is 1.19 bits per heavy atom. The summed E-state index contributed by atoms with van der Waals surface area (Å²) in [4.78, 5) is 16.1. The predicted molar refractivity (Wildman–Crippen MR) is 83.4 cm³/mol. The van der Waals surface area contributed by atoms with Gasteiger partial charge >= 0.3 is 0 Å². The fraction of sp³-hybridized carbons (Fsp3) is 0.923. The SMILES string of the molecule is CCN(CC)C(=O)CC(CN)N1CCN(S(C)(=O)=O)CC1. The van der Waals surface area contributed by atoms with Gasteiger partial charge in [-0.05, 0) is 13.8 Å². The van der Waals surface area contributed by atoms with E-state index in [0.29, 0.717) is 52.2 Å². The third-order valence-electron chi connectivity index (χ3n) is 4.06. The number of carbonyl (C=O) groups is 1. The predicted octanol–water partition coefficient (Wildman–Crippen LogP) is -0.851. The quantitative estimate of drug-likeness (QED) is 0.660. The van der Waals surface area contributed by atoms with Gasteiger partial charge in [-0.15, -0.1) is 0 Å². The highest BCUT2D eigenvalue weighted by molar-refractivity contribution is 7.88. The van der Waals surface area contributed by atoms with Crippen molar-refractivity contribution in [3.8, 4) is 0 Å². The second-order valence-electron chi connectivity index (χ2n) is 5.36. The van der Waals surface area contributed by atoms with Crippen molar-refractivity contribution >= 4 is 15.9 Å². The van der Waals surface area contributed by atoms with Gasteiger partial charge in [0.2, 0.25) is 15.9 Å². The molecule has 124 valence electrons. The topological polar surface area (TPSA) is 86.9 Å². The van der Waals surface area contributed by atoms with Crippen molar-refractivity contribution in [1.82, 2.24) is 14.1 Å². The molecule has 1 unspecified atom stereocenters. The molecular formula is C13H28N4O3S. The summed E-state index contributed by atoms with van der Waals surface area (Å²) in [6, 6.07) is -0.0141. The first-order valence-corrected chi connectivity index (χ1v) is 9.35. The monoisotopic (exact) mass is 320 g/mol. The highest BCUT2D eigenvalue weighted by Crippen LogP contribution is 2.12. The van der Waals surface area contributed by atoms with Gasteiger partial charge in [-0.3, -0.25) is 9.69 Å². The first-order valence-electron chi connectivity index (χ1n) is 7.50. The zero-order chi connectivity index (χ0) is 16.0. The first-order chi connectivity index (χ1) is 9.83. The molecule has 1 saturated heterocycles. The molecule has 0 aliphatic carbocycles. The van der Waals surface area contributed by atoms with Crippen molar-refractivity contribution < 1.29 is 13.2 Å². The Hall–Kier alpha value is -0.700. The molecular weight excluding hydrogens is 292 g/mol. The Bertz CT molecular complexity index is 429. The lowest BCUT2D eigenvalue weighted by atomic mass is 10.1. The zero-order valence-corrected chi connectivity index (χ0v) is 14.1. The molecule has 1 amide bonds. The average Bonchev–Trinajstić information content (AvgIpc) is 2.45. The van der Waals surface area contributed by atoms with E-state index in [9.17, 15) is 13.2 Å². The molecule has 0 saturated carbocycles. The minimum absolute atomic E-state index is 0.0141. The number of rotatable bonds is 7. The van der Waals surface area contributed by atoms with Crippen molar-refractivity contribution in [2.75, 3.05) is 52.1 Å². The molecule has 0 radical (unpaired) electrons. The van der Waals surface area contributed by atoms with E-state index in [0.717, 1.165) is 0 Å². The minimum atomic E-state index is -3.13. The van der Waals surface area contributed by atoms with E-state index >= 15 is 0 Å². The fourth-order valence-corrected chi connectivity index (χ4v) is 3.50. The van der Waals surface area contributed by atoms with Crippen LogP contribution in [-0.4, -0.2) is 86.5 Å². The molecule has 1 aliphatic heterocycles. The number of piperazine rings is 1. The van der Waals surface area contributed by atoms with Crippen LogP contribution < -0.4 is 5.73 Å². The van der Waals surface area contributed by atoms with E-state index in [1.54, 1.807) is 4.90 Å². The second-order valence-corrected chi connectivity index (χ2v) is 7.34. The second kappa shape index (κ2) is 8.07. The van der Waals surface area contributed by atoms with Gasteiger partial charge < -0.3 is 10.6 Å². The van der Waals surface area contributed by atoms with Crippen molar-refractivity contribution in [2.24, 2.45) is 5.73 Å². The Morgan fingerprint density at radius 3 is 2.10 bits per heavy atom. The summed E-state index contributed by atoms with van der Waals surface area (Å²) in [5.74, 6) is 0.112. The molecule has 1 aliphatic rings. The molecule has 1 fully saturated rings. The molecule has 8 heteroatoms. The Labute approximate surface area is 128 Å². The van der Waals surface area contributed by atoms with E-state index < -0.39 is 10.0 Å². The summed E-state index contributed by atoms with van der Waals surface area (Å²) in [5.41, 5.74) is 5.81. The smallest absolute Gasteiger partial charge is 0.224 e. The lowest BCUT2D eigenvalue weighted by Gasteiger charge is -2.38. The van der Waals surface area contributed by atoms with Crippen LogP contribution in [0.25, 0.3) is 0 Å². The van der Waals surface area contributed by atoms with Gasteiger partial charge in [0.1, 0.15) is 0 Å². The van der Waals surface area contributed by atoms with Gasteiger partial charge in [0.05, 0.1) is 6.26 Å². The largest absolute Gasteiger partial charge is 0.343 e. The van der Waals surface area contributed by atoms with Gasteiger partial charge in [-0.2, -0.15) is 4.31 Å². The van der Waals surface area contributed by atoms with Crippen LogP contribution >= 0.6 is 0 Å². The summed E-state index contributed by atoms with van der Waals surface area (Å²) < 4.78 is 24.5. The van der Waals surface area contributed by atoms with Crippen LogP contribution in [0.3, 0.4) is 0 Å². The van der Waals surface area contributed by atoms with E-state index in [1.165, 1.54) is 10.6 Å². The molecule has 0 aromatic rings. The summed E-state index contributed by atoms with van der Waals surface area (Å²) in [7, 11) is -3.13. The summed E-state index contributed by atoms with van der Waals surface area (Å²) in [6.07, 6.45) is 1.63. The number of nitrogens with two attached hydrogens (primary N) is 1. The number of amides is 1. The Kier molecular flexibility index (Phi) is 7.05. The van der Waals surface area contributed by atoms with Crippen LogP contribution in [0.2, 0.25) is 0 Å². The van der Waals surface area contributed by atoms with Gasteiger partial charge in [-0.25, -0.2) is 8.42 Å². The van der Waals surface area contributed by atoms with E-state index in [2.05, 4.69) is 4.90 Å². The van der Waals surface area contributed by atoms with Crippen LogP contribution in [0, 0.1) is 0 Å². The maximum absolute atomic E-state index is 12.2. The van der Waals surface area contributed by atoms with E-state index in [-0.39, 0.29) is 11.9 Å². The van der Waals surface area contributed by atoms with Gasteiger partial charge in [0.15, 0.2) is 0 Å². The standard InChI is InChI=1S/C13H28N4O3S/c1-4-15(5-2)13(18)10-12(11-14)16-6-8-17(9-7-16)21(3,19)20/h12H,4-11,14H2,1-3H3. The maximum atomic E-state index is 12.2. The van der Waals surface area contributed by atoms with Crippen molar-refractivity contribution in [3.05, 3.63) is 0 Å². The van der Waals surface area contributed by atoms with Crippen LogP contribution in [0.4, 0.5) is 0 Å². The van der Waals surface area contributed by atoms with Crippen LogP contribution in [0.5, 0.6) is 0 Å². The maximum Gasteiger partial charge on any atom is 0.224 e. The number of sulfonamides is 1. The molecule has 2 N–H and O–H groups in total. The van der Waals surface area contributed by atoms with Crippen LogP contribution in [0.15, 0.2) is 0 Å². The third-order valence-corrected chi connectivity index (χ3v) is 5.36. The highest BCUT2D eigenvalue weighted by Gasteiger charge is 2.28. The molecule has 1 heterocycles.